The fourth-order valence-electron chi connectivity index (χ4n) is 3.27. The molecule has 26 heavy (non-hydrogen) atoms. The van der Waals surface area contributed by atoms with Gasteiger partial charge in [-0.05, 0) is 17.7 Å². The summed E-state index contributed by atoms with van der Waals surface area (Å²) in [6, 6.07) is 15.2. The average Bonchev–Trinajstić information content (AvgIpc) is 2.99. The van der Waals surface area contributed by atoms with Crippen molar-refractivity contribution in [3.05, 3.63) is 54.3 Å². The molecule has 1 aliphatic rings. The molecule has 134 valence electrons. The topological polar surface area (TPSA) is 51.5 Å². The summed E-state index contributed by atoms with van der Waals surface area (Å²) in [7, 11) is 1.59. The maximum absolute atomic E-state index is 12.9. The molecule has 4 nitrogen and oxygen atoms in total. The molecular formula is C20H17Cl2NO3. The van der Waals surface area contributed by atoms with Crippen LogP contribution in [0.4, 0.5) is 0 Å². The van der Waals surface area contributed by atoms with Crippen molar-refractivity contribution in [2.75, 3.05) is 7.11 Å². The molecule has 1 fully saturated rings. The largest absolute Gasteiger partial charge is 0.497 e. The van der Waals surface area contributed by atoms with Crippen LogP contribution in [-0.2, 0) is 0 Å². The van der Waals surface area contributed by atoms with Crippen LogP contribution < -0.4 is 10.1 Å². The molecule has 1 N–H and O–H groups in total. The molecule has 0 bridgehead atoms. The van der Waals surface area contributed by atoms with Crippen molar-refractivity contribution in [1.82, 2.24) is 5.32 Å². The monoisotopic (exact) mass is 389 g/mol. The van der Waals surface area contributed by atoms with E-state index in [-0.39, 0.29) is 17.7 Å². The standard InChI is InChI=1S/C20H17Cl2NO3/c1-25-14-7-8-15-16(9-14)26-18(17(15)12-5-3-2-4-6-12)19(24)23-13-10-20(21,22)11-13/h2-9,13H,10-11H2,1H3,(H,23,24). The summed E-state index contributed by atoms with van der Waals surface area (Å²) in [4.78, 5) is 12.9. The van der Waals surface area contributed by atoms with Crippen LogP contribution in [0.1, 0.15) is 23.4 Å². The van der Waals surface area contributed by atoms with Crippen molar-refractivity contribution in [2.24, 2.45) is 0 Å². The molecule has 1 heterocycles. The van der Waals surface area contributed by atoms with Gasteiger partial charge < -0.3 is 14.5 Å². The second kappa shape index (κ2) is 6.53. The minimum Gasteiger partial charge on any atom is -0.497 e. The SMILES string of the molecule is COc1ccc2c(-c3ccccc3)c(C(=O)NC3CC(Cl)(Cl)C3)oc2c1. The van der Waals surface area contributed by atoms with Gasteiger partial charge >= 0.3 is 0 Å². The van der Waals surface area contributed by atoms with E-state index in [4.69, 9.17) is 32.4 Å². The number of carbonyl (C=O) groups is 1. The van der Waals surface area contributed by atoms with Crippen molar-refractivity contribution < 1.29 is 13.9 Å². The molecule has 6 heteroatoms. The van der Waals surface area contributed by atoms with Crippen molar-refractivity contribution in [2.45, 2.75) is 23.2 Å². The number of amides is 1. The number of benzene rings is 2. The predicted molar refractivity (Wildman–Crippen MR) is 103 cm³/mol. The Labute approximate surface area is 161 Å². The Bertz CT molecular complexity index is 958. The first-order valence-corrected chi connectivity index (χ1v) is 9.07. The molecular weight excluding hydrogens is 373 g/mol. The van der Waals surface area contributed by atoms with Crippen LogP contribution in [-0.4, -0.2) is 23.4 Å². The zero-order valence-corrected chi connectivity index (χ0v) is 15.6. The number of hydrogen-bond acceptors (Lipinski definition) is 3. The summed E-state index contributed by atoms with van der Waals surface area (Å²) in [5.74, 6) is 0.680. The lowest BCUT2D eigenvalue weighted by molar-refractivity contribution is 0.0889. The molecule has 1 saturated carbocycles. The average molecular weight is 390 g/mol. The van der Waals surface area contributed by atoms with Gasteiger partial charge in [-0.2, -0.15) is 0 Å². The number of nitrogens with one attached hydrogen (secondary N) is 1. The quantitative estimate of drug-likeness (QED) is 0.625. The van der Waals surface area contributed by atoms with Crippen molar-refractivity contribution in [3.63, 3.8) is 0 Å². The van der Waals surface area contributed by atoms with E-state index in [1.807, 2.05) is 42.5 Å². The van der Waals surface area contributed by atoms with Crippen LogP contribution in [0, 0.1) is 0 Å². The van der Waals surface area contributed by atoms with Gasteiger partial charge in [0.25, 0.3) is 5.91 Å². The first-order chi connectivity index (χ1) is 12.5. The van der Waals surface area contributed by atoms with E-state index in [2.05, 4.69) is 5.32 Å². The van der Waals surface area contributed by atoms with Gasteiger partial charge in [-0.15, -0.1) is 23.2 Å². The van der Waals surface area contributed by atoms with E-state index in [0.717, 1.165) is 16.5 Å². The highest BCUT2D eigenvalue weighted by molar-refractivity contribution is 6.49. The molecule has 1 aliphatic carbocycles. The highest BCUT2D eigenvalue weighted by Gasteiger charge is 2.42. The van der Waals surface area contributed by atoms with Crippen LogP contribution in [0.15, 0.2) is 52.9 Å². The van der Waals surface area contributed by atoms with Gasteiger partial charge in [-0.1, -0.05) is 30.3 Å². The third-order valence-electron chi connectivity index (χ3n) is 4.59. The normalized spacial score (nSPS) is 16.3. The third-order valence-corrected chi connectivity index (χ3v) is 5.21. The molecule has 0 aliphatic heterocycles. The lowest BCUT2D eigenvalue weighted by atomic mass is 9.91. The van der Waals surface area contributed by atoms with E-state index >= 15 is 0 Å². The minimum atomic E-state index is -0.749. The molecule has 1 amide bonds. The van der Waals surface area contributed by atoms with E-state index in [0.29, 0.717) is 24.2 Å². The van der Waals surface area contributed by atoms with Crippen LogP contribution in [0.3, 0.4) is 0 Å². The number of halogens is 2. The Hall–Kier alpha value is -2.17. The molecule has 0 unspecified atom stereocenters. The van der Waals surface area contributed by atoms with E-state index < -0.39 is 4.33 Å². The van der Waals surface area contributed by atoms with Gasteiger partial charge in [0, 0.05) is 35.9 Å². The number of carbonyl (C=O) groups excluding carboxylic acids is 1. The molecule has 0 atom stereocenters. The molecule has 4 rings (SSSR count). The highest BCUT2D eigenvalue weighted by Crippen LogP contribution is 2.43. The van der Waals surface area contributed by atoms with Crippen LogP contribution in [0.2, 0.25) is 0 Å². The summed E-state index contributed by atoms with van der Waals surface area (Å²) in [6.07, 6.45) is 1.05. The van der Waals surface area contributed by atoms with Gasteiger partial charge in [-0.3, -0.25) is 4.79 Å². The fraction of sp³-hybridized carbons (Fsp3) is 0.250. The zero-order chi connectivity index (χ0) is 18.3. The molecule has 0 spiro atoms. The maximum atomic E-state index is 12.9. The van der Waals surface area contributed by atoms with E-state index in [1.165, 1.54) is 0 Å². The first kappa shape index (κ1) is 17.3. The summed E-state index contributed by atoms with van der Waals surface area (Å²) in [5.41, 5.74) is 2.29. The second-order valence-corrected chi connectivity index (χ2v) is 8.11. The Morgan fingerprint density at radius 1 is 1.19 bits per heavy atom. The molecule has 2 aromatic carbocycles. The van der Waals surface area contributed by atoms with Gasteiger partial charge in [-0.25, -0.2) is 0 Å². The van der Waals surface area contributed by atoms with Gasteiger partial charge in [0.15, 0.2) is 0 Å². The first-order valence-electron chi connectivity index (χ1n) is 8.31. The molecule has 3 aromatic rings. The number of hydrogen-bond donors (Lipinski definition) is 1. The van der Waals surface area contributed by atoms with E-state index in [9.17, 15) is 4.79 Å². The molecule has 1 aromatic heterocycles. The zero-order valence-electron chi connectivity index (χ0n) is 14.1. The van der Waals surface area contributed by atoms with Gasteiger partial charge in [0.1, 0.15) is 15.7 Å². The lowest BCUT2D eigenvalue weighted by Crippen LogP contribution is -2.49. The highest BCUT2D eigenvalue weighted by atomic mass is 35.5. The van der Waals surface area contributed by atoms with Gasteiger partial charge in [0.05, 0.1) is 7.11 Å². The fourth-order valence-corrected chi connectivity index (χ4v) is 4.01. The number of furan rings is 1. The molecule has 0 radical (unpaired) electrons. The van der Waals surface area contributed by atoms with Gasteiger partial charge in [0.2, 0.25) is 5.76 Å². The van der Waals surface area contributed by atoms with E-state index in [1.54, 1.807) is 13.2 Å². The number of rotatable bonds is 4. The van der Waals surface area contributed by atoms with Crippen molar-refractivity contribution in [3.8, 4) is 16.9 Å². The van der Waals surface area contributed by atoms with Crippen molar-refractivity contribution >= 4 is 40.1 Å². The van der Waals surface area contributed by atoms with Crippen LogP contribution >= 0.6 is 23.2 Å². The maximum Gasteiger partial charge on any atom is 0.287 e. The van der Waals surface area contributed by atoms with Crippen molar-refractivity contribution in [1.29, 1.82) is 0 Å². The second-order valence-electron chi connectivity index (χ2n) is 6.47. The Morgan fingerprint density at radius 3 is 2.58 bits per heavy atom. The Morgan fingerprint density at radius 2 is 1.92 bits per heavy atom. The third kappa shape index (κ3) is 3.15. The number of methoxy groups -OCH3 is 1. The number of ether oxygens (including phenoxy) is 1. The minimum absolute atomic E-state index is 0.0520. The van der Waals surface area contributed by atoms with Crippen LogP contribution in [0.25, 0.3) is 22.1 Å². The summed E-state index contributed by atoms with van der Waals surface area (Å²) < 4.78 is 10.4. The predicted octanol–water partition coefficient (Wildman–Crippen LogP) is 5.17. The number of alkyl halides is 2. The number of fused-ring (bicyclic) bond motifs is 1. The lowest BCUT2D eigenvalue weighted by Gasteiger charge is -2.38. The summed E-state index contributed by atoms with van der Waals surface area (Å²) in [6.45, 7) is 0. The smallest absolute Gasteiger partial charge is 0.287 e. The Kier molecular flexibility index (Phi) is 4.33. The van der Waals surface area contributed by atoms with Crippen LogP contribution in [0.5, 0.6) is 5.75 Å². The summed E-state index contributed by atoms with van der Waals surface area (Å²) in [5, 5.41) is 3.82. The summed E-state index contributed by atoms with van der Waals surface area (Å²) >= 11 is 12.1. The Balaban J connectivity index is 1.76. The molecule has 0 saturated heterocycles.